The second-order valence-corrected chi connectivity index (χ2v) is 2.31. The van der Waals surface area contributed by atoms with E-state index in [1.807, 2.05) is 0 Å². The molecule has 1 aliphatic rings. The Morgan fingerprint density at radius 1 is 1.56 bits per heavy atom. The fraction of sp³-hybridized carbons (Fsp3) is 1.00. The summed E-state index contributed by atoms with van der Waals surface area (Å²) in [5.74, 6) is 0.449. The van der Waals surface area contributed by atoms with E-state index in [2.05, 4.69) is 11.9 Å². The predicted octanol–water partition coefficient (Wildman–Crippen LogP) is -0.113. The Morgan fingerprint density at radius 3 is 2.22 bits per heavy atom. The summed E-state index contributed by atoms with van der Waals surface area (Å²) in [6, 6.07) is 0. The first-order valence-corrected chi connectivity index (χ1v) is 3.18. The maximum atomic E-state index is 7.00. The van der Waals surface area contributed by atoms with Crippen LogP contribution < -0.4 is 0 Å². The second-order valence-electron chi connectivity index (χ2n) is 2.31. The molecule has 0 spiro atoms. The van der Waals surface area contributed by atoms with Gasteiger partial charge in [-0.25, -0.2) is 0 Å². The van der Waals surface area contributed by atoms with Crippen molar-refractivity contribution in [2.45, 2.75) is 12.2 Å². The standard InChI is InChI=1S/C5H10BN.CH4O/c1-7-3-2-5(6)4-7;1-2/h5H,2-4H2,1H3;2H,1H3. The van der Waals surface area contributed by atoms with Crippen molar-refractivity contribution in [2.75, 3.05) is 27.2 Å². The van der Waals surface area contributed by atoms with Crippen molar-refractivity contribution >= 4 is 7.85 Å². The van der Waals surface area contributed by atoms with Gasteiger partial charge in [0.25, 0.3) is 0 Å². The SMILES string of the molecule is CO.[B]C1CCN(C)C1. The van der Waals surface area contributed by atoms with Crippen molar-refractivity contribution in [3.63, 3.8) is 0 Å². The van der Waals surface area contributed by atoms with Crippen molar-refractivity contribution in [1.82, 2.24) is 4.90 Å². The van der Waals surface area contributed by atoms with Crippen LogP contribution in [0.1, 0.15) is 6.42 Å². The van der Waals surface area contributed by atoms with Gasteiger partial charge in [-0.1, -0.05) is 5.82 Å². The van der Waals surface area contributed by atoms with Gasteiger partial charge in [0, 0.05) is 7.11 Å². The maximum absolute atomic E-state index is 7.00. The molecule has 1 atom stereocenters. The zero-order valence-electron chi connectivity index (χ0n) is 6.17. The summed E-state index contributed by atoms with van der Waals surface area (Å²) in [5, 5.41) is 7.00. The van der Waals surface area contributed by atoms with Crippen LogP contribution in [0.4, 0.5) is 0 Å². The van der Waals surface area contributed by atoms with Crippen LogP contribution in [0.5, 0.6) is 0 Å². The van der Waals surface area contributed by atoms with Crippen molar-refractivity contribution < 1.29 is 5.11 Å². The van der Waals surface area contributed by atoms with Gasteiger partial charge in [0.15, 0.2) is 0 Å². The van der Waals surface area contributed by atoms with E-state index in [-0.39, 0.29) is 0 Å². The maximum Gasteiger partial charge on any atom is 0.0717 e. The molecule has 1 saturated heterocycles. The third-order valence-corrected chi connectivity index (χ3v) is 1.43. The van der Waals surface area contributed by atoms with E-state index >= 15 is 0 Å². The second kappa shape index (κ2) is 4.83. The highest BCUT2D eigenvalue weighted by atomic mass is 16.2. The first kappa shape index (κ1) is 8.98. The minimum atomic E-state index is 0.449. The lowest BCUT2D eigenvalue weighted by molar-refractivity contribution is 0.399. The molecule has 0 saturated carbocycles. The molecule has 0 bridgehead atoms. The number of rotatable bonds is 0. The van der Waals surface area contributed by atoms with Gasteiger partial charge >= 0.3 is 0 Å². The van der Waals surface area contributed by atoms with Crippen LogP contribution in [-0.4, -0.2) is 45.1 Å². The highest BCUT2D eigenvalue weighted by Gasteiger charge is 2.12. The topological polar surface area (TPSA) is 23.5 Å². The highest BCUT2D eigenvalue weighted by Crippen LogP contribution is 2.14. The number of hydrogen-bond donors (Lipinski definition) is 1. The molecule has 9 heavy (non-hydrogen) atoms. The molecule has 0 aromatic carbocycles. The minimum Gasteiger partial charge on any atom is -0.400 e. The first-order valence-electron chi connectivity index (χ1n) is 3.18. The molecule has 0 aromatic rings. The summed E-state index contributed by atoms with van der Waals surface area (Å²) < 4.78 is 0. The molecule has 0 aliphatic carbocycles. The van der Waals surface area contributed by atoms with E-state index in [9.17, 15) is 0 Å². The molecule has 1 rings (SSSR count). The van der Waals surface area contributed by atoms with Crippen LogP contribution in [0.2, 0.25) is 5.82 Å². The lowest BCUT2D eigenvalue weighted by atomic mass is 9.87. The molecule has 1 heterocycles. The summed E-state index contributed by atoms with van der Waals surface area (Å²) in [7, 11) is 8.69. The van der Waals surface area contributed by atoms with Crippen LogP contribution >= 0.6 is 0 Å². The van der Waals surface area contributed by atoms with Crippen LogP contribution in [0.15, 0.2) is 0 Å². The van der Waals surface area contributed by atoms with Gasteiger partial charge in [0.05, 0.1) is 7.85 Å². The molecule has 1 unspecified atom stereocenters. The number of hydrogen-bond acceptors (Lipinski definition) is 2. The highest BCUT2D eigenvalue weighted by molar-refractivity contribution is 6.11. The number of aliphatic hydroxyl groups excluding tert-OH is 1. The van der Waals surface area contributed by atoms with Crippen molar-refractivity contribution in [2.24, 2.45) is 0 Å². The summed E-state index contributed by atoms with van der Waals surface area (Å²) in [4.78, 5) is 2.25. The van der Waals surface area contributed by atoms with E-state index in [4.69, 9.17) is 13.0 Å². The number of likely N-dealkylation sites (tertiary alicyclic amines) is 1. The molecular weight excluding hydrogens is 113 g/mol. The Morgan fingerprint density at radius 2 is 2.11 bits per heavy atom. The molecule has 1 aliphatic heterocycles. The third-order valence-electron chi connectivity index (χ3n) is 1.43. The fourth-order valence-electron chi connectivity index (χ4n) is 0.969. The Bertz CT molecular complexity index is 62.1. The summed E-state index contributed by atoms with van der Waals surface area (Å²) in [6.45, 7) is 2.27. The van der Waals surface area contributed by atoms with Crippen LogP contribution in [0.3, 0.4) is 0 Å². The van der Waals surface area contributed by atoms with E-state index in [1.165, 1.54) is 13.0 Å². The van der Waals surface area contributed by atoms with Gasteiger partial charge in [0.1, 0.15) is 0 Å². The molecule has 1 fully saturated rings. The lowest BCUT2D eigenvalue weighted by Gasteiger charge is -2.03. The van der Waals surface area contributed by atoms with E-state index in [0.29, 0.717) is 5.82 Å². The summed E-state index contributed by atoms with van der Waals surface area (Å²) >= 11 is 0. The van der Waals surface area contributed by atoms with Crippen molar-refractivity contribution in [1.29, 1.82) is 0 Å². The first-order chi connectivity index (χ1) is 4.29. The molecule has 3 heteroatoms. The smallest absolute Gasteiger partial charge is 0.0717 e. The molecule has 0 aromatic heterocycles. The largest absolute Gasteiger partial charge is 0.400 e. The molecule has 0 amide bonds. The van der Waals surface area contributed by atoms with Gasteiger partial charge in [-0.2, -0.15) is 0 Å². The Hall–Kier alpha value is -0.0151. The summed E-state index contributed by atoms with van der Waals surface area (Å²) in [6.07, 6.45) is 1.18. The van der Waals surface area contributed by atoms with E-state index in [0.717, 1.165) is 13.7 Å². The summed E-state index contributed by atoms with van der Waals surface area (Å²) in [5.41, 5.74) is 0. The molecule has 52 valence electrons. The number of nitrogens with zero attached hydrogens (tertiary/aromatic N) is 1. The quantitative estimate of drug-likeness (QED) is 0.459. The van der Waals surface area contributed by atoms with Crippen LogP contribution in [-0.2, 0) is 0 Å². The Kier molecular flexibility index (Phi) is 4.82. The van der Waals surface area contributed by atoms with Crippen molar-refractivity contribution in [3.05, 3.63) is 0 Å². The lowest BCUT2D eigenvalue weighted by Crippen LogP contribution is -2.12. The predicted molar refractivity (Wildman–Crippen MR) is 39.8 cm³/mol. The van der Waals surface area contributed by atoms with Gasteiger partial charge in [0.2, 0.25) is 0 Å². The average Bonchev–Trinajstić information content (AvgIpc) is 2.20. The Balaban J connectivity index is 0.000000291. The Labute approximate surface area is 58.3 Å². The molecule has 2 radical (unpaired) electrons. The zero-order chi connectivity index (χ0) is 7.28. The molecule has 1 N–H and O–H groups in total. The average molecular weight is 127 g/mol. The molecular formula is C6H14BNO. The van der Waals surface area contributed by atoms with Crippen LogP contribution in [0.25, 0.3) is 0 Å². The van der Waals surface area contributed by atoms with Crippen LogP contribution in [0, 0.1) is 0 Å². The normalized spacial score (nSPS) is 27.2. The van der Waals surface area contributed by atoms with Crippen molar-refractivity contribution in [3.8, 4) is 0 Å². The minimum absolute atomic E-state index is 0.449. The van der Waals surface area contributed by atoms with Gasteiger partial charge in [-0.3, -0.25) is 0 Å². The van der Waals surface area contributed by atoms with E-state index in [1.54, 1.807) is 0 Å². The van der Waals surface area contributed by atoms with E-state index < -0.39 is 0 Å². The fourth-order valence-corrected chi connectivity index (χ4v) is 0.969. The number of aliphatic hydroxyl groups is 1. The van der Waals surface area contributed by atoms with Gasteiger partial charge in [-0.05, 0) is 26.6 Å². The third kappa shape index (κ3) is 3.54. The zero-order valence-corrected chi connectivity index (χ0v) is 6.17. The van der Waals surface area contributed by atoms with Gasteiger partial charge in [-0.15, -0.1) is 0 Å². The van der Waals surface area contributed by atoms with Gasteiger partial charge < -0.3 is 10.0 Å². The monoisotopic (exact) mass is 127 g/mol. The molecule has 2 nitrogen and oxygen atoms in total.